The minimum atomic E-state index is -0.898. The summed E-state index contributed by atoms with van der Waals surface area (Å²) in [6.45, 7) is 7.50. The summed E-state index contributed by atoms with van der Waals surface area (Å²) < 4.78 is 0. The molecule has 0 atom stereocenters. The molecule has 0 aromatic carbocycles. The Morgan fingerprint density at radius 1 is 1.05 bits per heavy atom. The Kier molecular flexibility index (Phi) is 8.66. The first kappa shape index (κ1) is 19.4. The third kappa shape index (κ3) is 7.11. The zero-order valence-corrected chi connectivity index (χ0v) is 13.5. The van der Waals surface area contributed by atoms with Crippen LogP contribution in [0.3, 0.4) is 0 Å². The number of hydrogen-bond donors (Lipinski definition) is 3. The van der Waals surface area contributed by atoms with Crippen LogP contribution < -0.4 is 10.6 Å². The zero-order valence-electron chi connectivity index (χ0n) is 13.5. The molecule has 0 rings (SSSR count). The minimum Gasteiger partial charge on any atom is -0.481 e. The zero-order chi connectivity index (χ0) is 16.5. The van der Waals surface area contributed by atoms with Crippen molar-refractivity contribution in [3.63, 3.8) is 0 Å². The lowest BCUT2D eigenvalue weighted by atomic mass is 9.82. The number of hydrogen-bond acceptors (Lipinski definition) is 3. The van der Waals surface area contributed by atoms with Crippen molar-refractivity contribution in [2.75, 3.05) is 6.54 Å². The van der Waals surface area contributed by atoms with Gasteiger partial charge in [0.25, 0.3) is 0 Å². The van der Waals surface area contributed by atoms with Crippen LogP contribution in [0.25, 0.3) is 0 Å². The van der Waals surface area contributed by atoms with Crippen LogP contribution in [0.15, 0.2) is 0 Å². The van der Waals surface area contributed by atoms with E-state index in [1.165, 1.54) is 0 Å². The van der Waals surface area contributed by atoms with E-state index in [0.717, 1.165) is 0 Å². The Balaban J connectivity index is 4.10. The summed E-state index contributed by atoms with van der Waals surface area (Å²) in [5.41, 5.74) is -0.898. The molecular formula is C15H28N2O4. The molecule has 6 nitrogen and oxygen atoms in total. The number of rotatable bonds is 10. The van der Waals surface area contributed by atoms with E-state index in [2.05, 4.69) is 10.6 Å². The summed E-state index contributed by atoms with van der Waals surface area (Å²) in [6, 6.07) is 0.0941. The second-order valence-corrected chi connectivity index (χ2v) is 5.65. The Morgan fingerprint density at radius 2 is 1.57 bits per heavy atom. The SMILES string of the molecule is CCC(CC)(CNC(=O)CCCC(=O)NC(C)C)C(=O)O. The van der Waals surface area contributed by atoms with E-state index in [9.17, 15) is 19.5 Å². The van der Waals surface area contributed by atoms with Crippen LogP contribution in [0.5, 0.6) is 0 Å². The molecule has 0 aliphatic carbocycles. The van der Waals surface area contributed by atoms with Gasteiger partial charge in [-0.05, 0) is 33.1 Å². The Labute approximate surface area is 126 Å². The van der Waals surface area contributed by atoms with Crippen LogP contribution in [-0.4, -0.2) is 35.5 Å². The van der Waals surface area contributed by atoms with Crippen LogP contribution in [0.1, 0.15) is 59.8 Å². The third-order valence-corrected chi connectivity index (χ3v) is 3.69. The maximum absolute atomic E-state index is 11.7. The highest BCUT2D eigenvalue weighted by Gasteiger charge is 2.34. The van der Waals surface area contributed by atoms with E-state index in [1.807, 2.05) is 13.8 Å². The molecule has 0 heterocycles. The molecule has 2 amide bonds. The molecule has 6 heteroatoms. The van der Waals surface area contributed by atoms with Crippen molar-refractivity contribution < 1.29 is 19.5 Å². The highest BCUT2D eigenvalue weighted by molar-refractivity contribution is 5.80. The van der Waals surface area contributed by atoms with Crippen molar-refractivity contribution in [3.8, 4) is 0 Å². The summed E-state index contributed by atoms with van der Waals surface area (Å²) in [5, 5.41) is 14.7. The molecule has 0 spiro atoms. The average molecular weight is 300 g/mol. The number of carbonyl (C=O) groups is 3. The molecule has 0 radical (unpaired) electrons. The largest absolute Gasteiger partial charge is 0.481 e. The number of amides is 2. The van der Waals surface area contributed by atoms with Crippen molar-refractivity contribution >= 4 is 17.8 Å². The highest BCUT2D eigenvalue weighted by Crippen LogP contribution is 2.25. The van der Waals surface area contributed by atoms with E-state index in [1.54, 1.807) is 13.8 Å². The maximum Gasteiger partial charge on any atom is 0.311 e. The van der Waals surface area contributed by atoms with Crippen LogP contribution in [0.2, 0.25) is 0 Å². The summed E-state index contributed by atoms with van der Waals surface area (Å²) in [5.74, 6) is -1.16. The molecular weight excluding hydrogens is 272 g/mol. The predicted molar refractivity (Wildman–Crippen MR) is 80.8 cm³/mol. The molecule has 0 unspecified atom stereocenters. The molecule has 0 saturated carbocycles. The molecule has 0 saturated heterocycles. The summed E-state index contributed by atoms with van der Waals surface area (Å²) >= 11 is 0. The maximum atomic E-state index is 11.7. The third-order valence-electron chi connectivity index (χ3n) is 3.69. The number of carboxylic acids is 1. The molecule has 21 heavy (non-hydrogen) atoms. The van der Waals surface area contributed by atoms with Crippen molar-refractivity contribution in [3.05, 3.63) is 0 Å². The van der Waals surface area contributed by atoms with Gasteiger partial charge >= 0.3 is 5.97 Å². The summed E-state index contributed by atoms with van der Waals surface area (Å²) in [4.78, 5) is 34.4. The topological polar surface area (TPSA) is 95.5 Å². The smallest absolute Gasteiger partial charge is 0.311 e. The van der Waals surface area contributed by atoms with Gasteiger partial charge in [-0.2, -0.15) is 0 Å². The van der Waals surface area contributed by atoms with Gasteiger partial charge in [0.15, 0.2) is 0 Å². The van der Waals surface area contributed by atoms with Crippen LogP contribution in [0.4, 0.5) is 0 Å². The minimum absolute atomic E-state index is 0.0696. The molecule has 0 bridgehead atoms. The van der Waals surface area contributed by atoms with Gasteiger partial charge in [-0.1, -0.05) is 13.8 Å². The fourth-order valence-corrected chi connectivity index (χ4v) is 2.04. The van der Waals surface area contributed by atoms with E-state index in [4.69, 9.17) is 0 Å². The quantitative estimate of drug-likeness (QED) is 0.572. The fourth-order valence-electron chi connectivity index (χ4n) is 2.04. The molecule has 0 aromatic heterocycles. The standard InChI is InChI=1S/C15H28N2O4/c1-5-15(6-2,14(20)21)10-16-12(18)8-7-9-13(19)17-11(3)4/h11H,5-10H2,1-4H3,(H,16,18)(H,17,19)(H,20,21). The normalized spacial score (nSPS) is 11.3. The lowest BCUT2D eigenvalue weighted by Crippen LogP contribution is -2.42. The molecule has 122 valence electrons. The van der Waals surface area contributed by atoms with Crippen molar-refractivity contribution in [1.29, 1.82) is 0 Å². The van der Waals surface area contributed by atoms with E-state index in [-0.39, 0.29) is 30.8 Å². The van der Waals surface area contributed by atoms with Gasteiger partial charge in [0.2, 0.25) is 11.8 Å². The lowest BCUT2D eigenvalue weighted by molar-refractivity contribution is -0.149. The molecule has 3 N–H and O–H groups in total. The van der Waals surface area contributed by atoms with E-state index in [0.29, 0.717) is 25.7 Å². The monoisotopic (exact) mass is 300 g/mol. The van der Waals surface area contributed by atoms with Gasteiger partial charge in [-0.15, -0.1) is 0 Å². The van der Waals surface area contributed by atoms with Crippen molar-refractivity contribution in [2.45, 2.75) is 65.8 Å². The fraction of sp³-hybridized carbons (Fsp3) is 0.800. The highest BCUT2D eigenvalue weighted by atomic mass is 16.4. The number of carboxylic acid groups (broad SMARTS) is 1. The first-order valence-corrected chi connectivity index (χ1v) is 7.56. The average Bonchev–Trinajstić information content (AvgIpc) is 2.39. The van der Waals surface area contributed by atoms with E-state index < -0.39 is 11.4 Å². The lowest BCUT2D eigenvalue weighted by Gasteiger charge is -2.26. The predicted octanol–water partition coefficient (Wildman–Crippen LogP) is 1.69. The first-order chi connectivity index (χ1) is 9.77. The Hall–Kier alpha value is -1.59. The summed E-state index contributed by atoms with van der Waals surface area (Å²) in [7, 11) is 0. The molecule has 0 aromatic rings. The van der Waals surface area contributed by atoms with Crippen LogP contribution in [-0.2, 0) is 14.4 Å². The summed E-state index contributed by atoms with van der Waals surface area (Å²) in [6.07, 6.45) is 1.93. The first-order valence-electron chi connectivity index (χ1n) is 7.56. The second-order valence-electron chi connectivity index (χ2n) is 5.65. The van der Waals surface area contributed by atoms with Crippen LogP contribution in [0, 0.1) is 5.41 Å². The van der Waals surface area contributed by atoms with Crippen LogP contribution >= 0.6 is 0 Å². The Bertz CT molecular complexity index is 363. The van der Waals surface area contributed by atoms with Gasteiger partial charge in [0, 0.05) is 25.4 Å². The number of aliphatic carboxylic acids is 1. The van der Waals surface area contributed by atoms with E-state index >= 15 is 0 Å². The molecule has 0 fully saturated rings. The van der Waals surface area contributed by atoms with Gasteiger partial charge in [0.1, 0.15) is 0 Å². The second kappa shape index (κ2) is 9.37. The Morgan fingerprint density at radius 3 is 2.00 bits per heavy atom. The number of nitrogens with one attached hydrogen (secondary N) is 2. The van der Waals surface area contributed by atoms with Gasteiger partial charge in [-0.3, -0.25) is 14.4 Å². The van der Waals surface area contributed by atoms with Gasteiger partial charge in [0.05, 0.1) is 5.41 Å². The van der Waals surface area contributed by atoms with Crippen molar-refractivity contribution in [1.82, 2.24) is 10.6 Å². The van der Waals surface area contributed by atoms with Gasteiger partial charge in [-0.25, -0.2) is 0 Å². The molecule has 0 aliphatic heterocycles. The van der Waals surface area contributed by atoms with Gasteiger partial charge < -0.3 is 15.7 Å². The molecule has 0 aliphatic rings. The number of carbonyl (C=O) groups excluding carboxylic acids is 2. The van der Waals surface area contributed by atoms with Crippen molar-refractivity contribution in [2.24, 2.45) is 5.41 Å².